The second-order valence-electron chi connectivity index (χ2n) is 6.76. The number of carbonyl (C=O) groups is 2. The van der Waals surface area contributed by atoms with E-state index in [1.165, 1.54) is 0 Å². The minimum Gasteiger partial charge on any atom is -0.393 e. The van der Waals surface area contributed by atoms with E-state index in [0.29, 0.717) is 12.3 Å². The Kier molecular flexibility index (Phi) is 4.81. The van der Waals surface area contributed by atoms with Gasteiger partial charge in [0.15, 0.2) is 0 Å². The number of hydrogen-bond donors (Lipinski definition) is 3. The van der Waals surface area contributed by atoms with Crippen LogP contribution >= 0.6 is 0 Å². The highest BCUT2D eigenvalue weighted by Gasteiger charge is 2.38. The van der Waals surface area contributed by atoms with Gasteiger partial charge in [0, 0.05) is 18.8 Å². The number of nitrogens with one attached hydrogen (secondary N) is 1. The SMILES string of the molecule is C[C@H]1C[C@@H]([C@H](O)CC2CC(=O)NC(=O)C2)C(O)[C@@H](C)C1. The van der Waals surface area contributed by atoms with E-state index in [1.807, 2.05) is 6.92 Å². The van der Waals surface area contributed by atoms with Gasteiger partial charge in [0.25, 0.3) is 0 Å². The Morgan fingerprint density at radius 1 is 1.20 bits per heavy atom. The molecule has 2 fully saturated rings. The van der Waals surface area contributed by atoms with Gasteiger partial charge in [-0.1, -0.05) is 13.8 Å². The predicted molar refractivity (Wildman–Crippen MR) is 73.6 cm³/mol. The van der Waals surface area contributed by atoms with Crippen LogP contribution in [-0.2, 0) is 9.59 Å². The first-order chi connectivity index (χ1) is 9.36. The number of aliphatic hydroxyl groups excluding tert-OH is 2. The standard InChI is InChI=1S/C15H25NO4/c1-8-3-9(2)15(20)11(4-8)12(17)5-10-6-13(18)16-14(19)7-10/h8-12,15,17,20H,3-7H2,1-2H3,(H,16,18,19)/t8-,9+,11+,12-,15?/m1/s1. The van der Waals surface area contributed by atoms with Gasteiger partial charge in [-0.3, -0.25) is 14.9 Å². The maximum Gasteiger partial charge on any atom is 0.226 e. The van der Waals surface area contributed by atoms with Gasteiger partial charge < -0.3 is 10.2 Å². The van der Waals surface area contributed by atoms with Crippen LogP contribution in [0.3, 0.4) is 0 Å². The molecule has 1 heterocycles. The summed E-state index contributed by atoms with van der Waals surface area (Å²) in [5.41, 5.74) is 0. The Balaban J connectivity index is 1.94. The second kappa shape index (κ2) is 6.22. The summed E-state index contributed by atoms with van der Waals surface area (Å²) in [6, 6.07) is 0. The number of rotatable bonds is 3. The highest BCUT2D eigenvalue weighted by atomic mass is 16.3. The van der Waals surface area contributed by atoms with Crippen LogP contribution in [0.4, 0.5) is 0 Å². The number of aliphatic hydroxyl groups is 2. The monoisotopic (exact) mass is 283 g/mol. The van der Waals surface area contributed by atoms with Gasteiger partial charge in [-0.05, 0) is 37.0 Å². The molecule has 114 valence electrons. The number of carbonyl (C=O) groups excluding carboxylic acids is 2. The van der Waals surface area contributed by atoms with Crippen LogP contribution in [0.2, 0.25) is 0 Å². The van der Waals surface area contributed by atoms with E-state index >= 15 is 0 Å². The maximum absolute atomic E-state index is 11.3. The van der Waals surface area contributed by atoms with Gasteiger partial charge >= 0.3 is 0 Å². The van der Waals surface area contributed by atoms with Crippen LogP contribution in [-0.4, -0.2) is 34.2 Å². The van der Waals surface area contributed by atoms with Crippen molar-refractivity contribution in [2.45, 2.75) is 58.2 Å². The fraction of sp³-hybridized carbons (Fsp3) is 0.867. The molecule has 5 nitrogen and oxygen atoms in total. The van der Waals surface area contributed by atoms with Crippen molar-refractivity contribution >= 4 is 11.8 Å². The molecule has 0 aromatic rings. The van der Waals surface area contributed by atoms with Gasteiger partial charge in [-0.2, -0.15) is 0 Å². The zero-order valence-corrected chi connectivity index (χ0v) is 12.2. The van der Waals surface area contributed by atoms with Gasteiger partial charge in [-0.25, -0.2) is 0 Å². The molecular formula is C15H25NO4. The van der Waals surface area contributed by atoms with Crippen molar-refractivity contribution in [1.29, 1.82) is 0 Å². The molecule has 1 saturated heterocycles. The zero-order valence-electron chi connectivity index (χ0n) is 12.2. The van der Waals surface area contributed by atoms with E-state index in [1.54, 1.807) is 0 Å². The fourth-order valence-electron chi connectivity index (χ4n) is 3.82. The molecule has 0 aromatic heterocycles. The van der Waals surface area contributed by atoms with E-state index in [2.05, 4.69) is 12.2 Å². The van der Waals surface area contributed by atoms with Gasteiger partial charge in [0.2, 0.25) is 11.8 Å². The fourth-order valence-corrected chi connectivity index (χ4v) is 3.82. The Morgan fingerprint density at radius 3 is 2.40 bits per heavy atom. The molecule has 1 aliphatic heterocycles. The molecule has 1 aliphatic carbocycles. The van der Waals surface area contributed by atoms with Crippen LogP contribution < -0.4 is 5.32 Å². The van der Waals surface area contributed by atoms with Crippen molar-refractivity contribution in [3.05, 3.63) is 0 Å². The molecule has 0 bridgehead atoms. The summed E-state index contributed by atoms with van der Waals surface area (Å²) in [5, 5.41) is 22.9. The quantitative estimate of drug-likeness (QED) is 0.670. The minimum absolute atomic E-state index is 0.106. The Labute approximate surface area is 119 Å². The molecule has 1 saturated carbocycles. The summed E-state index contributed by atoms with van der Waals surface area (Å²) in [6.07, 6.45) is 1.65. The Morgan fingerprint density at radius 2 is 1.80 bits per heavy atom. The third kappa shape index (κ3) is 3.58. The normalized spacial score (nSPS) is 37.6. The smallest absolute Gasteiger partial charge is 0.226 e. The summed E-state index contributed by atoms with van der Waals surface area (Å²) in [6.45, 7) is 4.15. The van der Waals surface area contributed by atoms with Crippen LogP contribution in [0.25, 0.3) is 0 Å². The topological polar surface area (TPSA) is 86.6 Å². The Bertz CT molecular complexity index is 368. The number of imide groups is 1. The number of hydrogen-bond acceptors (Lipinski definition) is 4. The van der Waals surface area contributed by atoms with Crippen LogP contribution in [0, 0.1) is 23.7 Å². The van der Waals surface area contributed by atoms with Crippen molar-refractivity contribution < 1.29 is 19.8 Å². The molecule has 20 heavy (non-hydrogen) atoms. The molecule has 0 aromatic carbocycles. The molecule has 2 amide bonds. The van der Waals surface area contributed by atoms with E-state index < -0.39 is 12.2 Å². The molecule has 5 atom stereocenters. The first-order valence-corrected chi connectivity index (χ1v) is 7.55. The molecule has 5 heteroatoms. The highest BCUT2D eigenvalue weighted by molar-refractivity contribution is 5.97. The molecule has 2 aliphatic rings. The minimum atomic E-state index is -0.640. The lowest BCUT2D eigenvalue weighted by Crippen LogP contribution is -2.44. The molecule has 1 unspecified atom stereocenters. The predicted octanol–water partition coefficient (Wildman–Crippen LogP) is 0.833. The van der Waals surface area contributed by atoms with Crippen molar-refractivity contribution in [2.75, 3.05) is 0 Å². The van der Waals surface area contributed by atoms with E-state index in [9.17, 15) is 19.8 Å². The lowest BCUT2D eigenvalue weighted by molar-refractivity contribution is -0.135. The second-order valence-corrected chi connectivity index (χ2v) is 6.76. The van der Waals surface area contributed by atoms with Gasteiger partial charge in [-0.15, -0.1) is 0 Å². The molecule has 0 radical (unpaired) electrons. The van der Waals surface area contributed by atoms with E-state index in [4.69, 9.17) is 0 Å². The maximum atomic E-state index is 11.3. The van der Waals surface area contributed by atoms with Crippen molar-refractivity contribution in [2.24, 2.45) is 23.7 Å². The zero-order chi connectivity index (χ0) is 14.9. The van der Waals surface area contributed by atoms with Crippen LogP contribution in [0.5, 0.6) is 0 Å². The van der Waals surface area contributed by atoms with Crippen molar-refractivity contribution in [1.82, 2.24) is 5.32 Å². The molecular weight excluding hydrogens is 258 g/mol. The highest BCUT2D eigenvalue weighted by Crippen LogP contribution is 2.37. The summed E-state index contributed by atoms with van der Waals surface area (Å²) < 4.78 is 0. The lowest BCUT2D eigenvalue weighted by Gasteiger charge is -2.40. The van der Waals surface area contributed by atoms with E-state index in [0.717, 1.165) is 12.8 Å². The number of piperidine rings is 1. The van der Waals surface area contributed by atoms with Crippen LogP contribution in [0.15, 0.2) is 0 Å². The number of amides is 2. The van der Waals surface area contributed by atoms with Crippen LogP contribution in [0.1, 0.15) is 46.0 Å². The third-order valence-corrected chi connectivity index (χ3v) is 4.77. The average Bonchev–Trinajstić information content (AvgIpc) is 2.32. The first kappa shape index (κ1) is 15.4. The summed E-state index contributed by atoms with van der Waals surface area (Å²) in [7, 11) is 0. The van der Waals surface area contributed by atoms with Gasteiger partial charge in [0.1, 0.15) is 0 Å². The molecule has 0 spiro atoms. The van der Waals surface area contributed by atoms with Gasteiger partial charge in [0.05, 0.1) is 12.2 Å². The molecule has 2 rings (SSSR count). The van der Waals surface area contributed by atoms with Crippen molar-refractivity contribution in [3.8, 4) is 0 Å². The summed E-state index contributed by atoms with van der Waals surface area (Å²) in [5.74, 6) is -0.0902. The molecule has 3 N–H and O–H groups in total. The van der Waals surface area contributed by atoms with Crippen molar-refractivity contribution in [3.63, 3.8) is 0 Å². The summed E-state index contributed by atoms with van der Waals surface area (Å²) >= 11 is 0. The summed E-state index contributed by atoms with van der Waals surface area (Å²) in [4.78, 5) is 22.7. The largest absolute Gasteiger partial charge is 0.393 e. The third-order valence-electron chi connectivity index (χ3n) is 4.77. The van der Waals surface area contributed by atoms with E-state index in [-0.39, 0.29) is 42.4 Å². The lowest BCUT2D eigenvalue weighted by atomic mass is 9.70. The Hall–Kier alpha value is -0.940. The first-order valence-electron chi connectivity index (χ1n) is 7.55. The average molecular weight is 283 g/mol.